The number of anilines is 1. The molecule has 1 heterocycles. The molecule has 3 rings (SSSR count). The van der Waals surface area contributed by atoms with Gasteiger partial charge in [0.15, 0.2) is 0 Å². The van der Waals surface area contributed by atoms with Gasteiger partial charge in [0.25, 0.3) is 11.8 Å². The van der Waals surface area contributed by atoms with Crippen molar-refractivity contribution < 1.29 is 14.4 Å². The van der Waals surface area contributed by atoms with Gasteiger partial charge in [-0.15, -0.1) is 0 Å². The van der Waals surface area contributed by atoms with Gasteiger partial charge >= 0.3 is 0 Å². The molecule has 3 amide bonds. The number of hydrogen-bond acceptors (Lipinski definition) is 3. The van der Waals surface area contributed by atoms with Crippen LogP contribution in [0.4, 0.5) is 5.69 Å². The lowest BCUT2D eigenvalue weighted by atomic mass is 10.1. The van der Waals surface area contributed by atoms with E-state index < -0.39 is 0 Å². The normalized spacial score (nSPS) is 14.4. The molecule has 1 aliphatic rings. The molecular weight excluding hydrogens is 422 g/mol. The zero-order valence-electron chi connectivity index (χ0n) is 15.7. The van der Waals surface area contributed by atoms with E-state index in [0.29, 0.717) is 49.4 Å². The minimum absolute atomic E-state index is 0.0329. The van der Waals surface area contributed by atoms with Crippen molar-refractivity contribution in [1.29, 1.82) is 0 Å². The highest BCUT2D eigenvalue weighted by Crippen LogP contribution is 2.19. The Labute approximate surface area is 172 Å². The van der Waals surface area contributed by atoms with Crippen LogP contribution in [-0.4, -0.2) is 53.7 Å². The number of hydrogen-bond donors (Lipinski definition) is 1. The Hall–Kier alpha value is -2.67. The molecule has 1 saturated heterocycles. The molecule has 0 bridgehead atoms. The Morgan fingerprint density at radius 3 is 2.25 bits per heavy atom. The van der Waals surface area contributed by atoms with Gasteiger partial charge in [0.05, 0.1) is 5.56 Å². The first-order valence-electron chi connectivity index (χ1n) is 9.16. The second kappa shape index (κ2) is 9.01. The molecule has 0 aliphatic carbocycles. The predicted molar refractivity (Wildman–Crippen MR) is 111 cm³/mol. The van der Waals surface area contributed by atoms with Crippen molar-refractivity contribution in [2.45, 2.75) is 13.3 Å². The van der Waals surface area contributed by atoms with Gasteiger partial charge in [-0.1, -0.05) is 18.2 Å². The summed E-state index contributed by atoms with van der Waals surface area (Å²) < 4.78 is 0.770. The molecule has 2 aromatic rings. The molecule has 28 heavy (non-hydrogen) atoms. The highest BCUT2D eigenvalue weighted by Gasteiger charge is 2.24. The molecule has 146 valence electrons. The molecular formula is C21H22BrN3O3. The fourth-order valence-corrected chi connectivity index (χ4v) is 3.70. The molecule has 0 atom stereocenters. The summed E-state index contributed by atoms with van der Waals surface area (Å²) in [4.78, 5) is 40.5. The van der Waals surface area contributed by atoms with E-state index in [2.05, 4.69) is 21.2 Å². The first kappa shape index (κ1) is 20.1. The average molecular weight is 444 g/mol. The topological polar surface area (TPSA) is 69.7 Å². The second-order valence-corrected chi connectivity index (χ2v) is 7.53. The van der Waals surface area contributed by atoms with Crippen molar-refractivity contribution in [3.05, 3.63) is 64.1 Å². The Bertz CT molecular complexity index is 900. The van der Waals surface area contributed by atoms with Crippen LogP contribution in [0.5, 0.6) is 0 Å². The molecule has 0 saturated carbocycles. The van der Waals surface area contributed by atoms with Gasteiger partial charge in [-0.2, -0.15) is 0 Å². The van der Waals surface area contributed by atoms with E-state index in [-0.39, 0.29) is 17.7 Å². The zero-order valence-corrected chi connectivity index (χ0v) is 17.2. The largest absolute Gasteiger partial charge is 0.337 e. The van der Waals surface area contributed by atoms with Crippen molar-refractivity contribution in [2.24, 2.45) is 0 Å². The predicted octanol–water partition coefficient (Wildman–Crippen LogP) is 3.40. The number of carbonyl (C=O) groups excluding carboxylic acids is 3. The van der Waals surface area contributed by atoms with Gasteiger partial charge in [-0.05, 0) is 52.7 Å². The van der Waals surface area contributed by atoms with E-state index in [1.165, 1.54) is 6.92 Å². The van der Waals surface area contributed by atoms with Crippen molar-refractivity contribution in [3.63, 3.8) is 0 Å². The smallest absolute Gasteiger partial charge is 0.255 e. The van der Waals surface area contributed by atoms with Crippen molar-refractivity contribution in [1.82, 2.24) is 9.80 Å². The van der Waals surface area contributed by atoms with E-state index in [0.717, 1.165) is 4.47 Å². The number of nitrogens with one attached hydrogen (secondary N) is 1. The number of nitrogens with zero attached hydrogens (tertiary/aromatic N) is 2. The molecule has 0 unspecified atom stereocenters. The summed E-state index contributed by atoms with van der Waals surface area (Å²) in [5, 5.41) is 2.69. The third kappa shape index (κ3) is 4.78. The quantitative estimate of drug-likeness (QED) is 0.789. The van der Waals surface area contributed by atoms with Crippen LogP contribution in [0.1, 0.15) is 34.1 Å². The van der Waals surface area contributed by atoms with Crippen LogP contribution in [0, 0.1) is 0 Å². The van der Waals surface area contributed by atoms with Crippen LogP contribution in [0.2, 0.25) is 0 Å². The first-order chi connectivity index (χ1) is 13.5. The number of benzene rings is 2. The lowest BCUT2D eigenvalue weighted by molar-refractivity contribution is -0.114. The summed E-state index contributed by atoms with van der Waals surface area (Å²) in [6, 6.07) is 14.3. The van der Waals surface area contributed by atoms with Gasteiger partial charge in [0.1, 0.15) is 0 Å². The summed E-state index contributed by atoms with van der Waals surface area (Å²) in [6.07, 6.45) is 0.716. The minimum Gasteiger partial charge on any atom is -0.337 e. The van der Waals surface area contributed by atoms with Crippen molar-refractivity contribution >= 4 is 39.3 Å². The third-order valence-electron chi connectivity index (χ3n) is 4.60. The Morgan fingerprint density at radius 1 is 0.893 bits per heavy atom. The van der Waals surface area contributed by atoms with Gasteiger partial charge in [0, 0.05) is 48.8 Å². The standard InChI is InChI=1S/C21H22BrN3O3/c1-15(26)23-17-7-4-6-16(14-17)20(27)24-10-5-11-25(13-12-24)21(28)18-8-2-3-9-19(18)22/h2-4,6-9,14H,5,10-13H2,1H3,(H,23,26). The lowest BCUT2D eigenvalue weighted by Gasteiger charge is -2.23. The molecule has 0 radical (unpaired) electrons. The third-order valence-corrected chi connectivity index (χ3v) is 5.30. The zero-order chi connectivity index (χ0) is 20.1. The van der Waals surface area contributed by atoms with Crippen molar-refractivity contribution in [2.75, 3.05) is 31.5 Å². The van der Waals surface area contributed by atoms with Gasteiger partial charge in [-0.25, -0.2) is 0 Å². The Morgan fingerprint density at radius 2 is 1.57 bits per heavy atom. The molecule has 1 aliphatic heterocycles. The SMILES string of the molecule is CC(=O)Nc1cccc(C(=O)N2CCCN(C(=O)c3ccccc3Br)CC2)c1. The van der Waals surface area contributed by atoms with Gasteiger partial charge in [0.2, 0.25) is 5.91 Å². The highest BCUT2D eigenvalue weighted by atomic mass is 79.9. The minimum atomic E-state index is -0.180. The van der Waals surface area contributed by atoms with Crippen LogP contribution in [-0.2, 0) is 4.79 Å². The summed E-state index contributed by atoms with van der Waals surface area (Å²) in [7, 11) is 0. The van der Waals surface area contributed by atoms with Crippen LogP contribution in [0.15, 0.2) is 53.0 Å². The summed E-state index contributed by atoms with van der Waals surface area (Å²) in [5.74, 6) is -0.308. The van der Waals surface area contributed by atoms with E-state index >= 15 is 0 Å². The monoisotopic (exact) mass is 443 g/mol. The molecule has 7 heteroatoms. The Balaban J connectivity index is 1.68. The number of amides is 3. The number of rotatable bonds is 3. The molecule has 1 N–H and O–H groups in total. The second-order valence-electron chi connectivity index (χ2n) is 6.68. The van der Waals surface area contributed by atoms with Crippen LogP contribution >= 0.6 is 15.9 Å². The van der Waals surface area contributed by atoms with E-state index in [9.17, 15) is 14.4 Å². The summed E-state index contributed by atoms with van der Waals surface area (Å²) in [6.45, 7) is 3.58. The maximum absolute atomic E-state index is 12.9. The van der Waals surface area contributed by atoms with Crippen molar-refractivity contribution in [3.8, 4) is 0 Å². The lowest BCUT2D eigenvalue weighted by Crippen LogP contribution is -2.37. The molecule has 0 aromatic heterocycles. The van der Waals surface area contributed by atoms with Gasteiger partial charge in [-0.3, -0.25) is 14.4 Å². The van der Waals surface area contributed by atoms with Crippen LogP contribution < -0.4 is 5.32 Å². The number of halogens is 1. The summed E-state index contributed by atoms with van der Waals surface area (Å²) in [5.41, 5.74) is 1.75. The first-order valence-corrected chi connectivity index (χ1v) is 9.96. The summed E-state index contributed by atoms with van der Waals surface area (Å²) >= 11 is 3.43. The fraction of sp³-hybridized carbons (Fsp3) is 0.286. The van der Waals surface area contributed by atoms with E-state index in [4.69, 9.17) is 0 Å². The maximum Gasteiger partial charge on any atom is 0.255 e. The van der Waals surface area contributed by atoms with Crippen LogP contribution in [0.3, 0.4) is 0 Å². The maximum atomic E-state index is 12.9. The highest BCUT2D eigenvalue weighted by molar-refractivity contribution is 9.10. The van der Waals surface area contributed by atoms with Crippen LogP contribution in [0.25, 0.3) is 0 Å². The van der Waals surface area contributed by atoms with E-state index in [1.807, 2.05) is 18.2 Å². The fourth-order valence-electron chi connectivity index (χ4n) is 3.24. The Kier molecular flexibility index (Phi) is 6.46. The van der Waals surface area contributed by atoms with E-state index in [1.54, 1.807) is 40.1 Å². The molecule has 0 spiro atoms. The number of carbonyl (C=O) groups is 3. The molecule has 2 aromatic carbocycles. The molecule has 6 nitrogen and oxygen atoms in total. The molecule has 1 fully saturated rings. The average Bonchev–Trinajstić information content (AvgIpc) is 2.93. The van der Waals surface area contributed by atoms with Gasteiger partial charge < -0.3 is 15.1 Å².